The van der Waals surface area contributed by atoms with Crippen molar-refractivity contribution in [1.82, 2.24) is 15.0 Å². The lowest BCUT2D eigenvalue weighted by Gasteiger charge is -2.15. The van der Waals surface area contributed by atoms with E-state index in [2.05, 4.69) is 30.9 Å². The molecule has 1 amide bonds. The largest absolute Gasteiger partial charge is 0.325 e. The molecule has 0 saturated heterocycles. The Balaban J connectivity index is 1.54. The number of ketones is 1. The first-order valence-electron chi connectivity index (χ1n) is 11.5. The van der Waals surface area contributed by atoms with Crippen molar-refractivity contribution in [2.24, 2.45) is 0 Å². The Hall–Kier alpha value is -4.24. The number of amides is 1. The van der Waals surface area contributed by atoms with E-state index in [0.29, 0.717) is 34.7 Å². The molecule has 1 atom stereocenters. The fourth-order valence-electron chi connectivity index (χ4n) is 3.28. The van der Waals surface area contributed by atoms with E-state index >= 15 is 0 Å². The van der Waals surface area contributed by atoms with Gasteiger partial charge < -0.3 is 16.0 Å². The summed E-state index contributed by atoms with van der Waals surface area (Å²) in [6.45, 7) is 3.44. The summed E-state index contributed by atoms with van der Waals surface area (Å²) in [4.78, 5) is 38.1. The third kappa shape index (κ3) is 6.89. The molecule has 1 aromatic heterocycles. The number of hydrogen-bond acceptors (Lipinski definition) is 8. The first kappa shape index (κ1) is 24.9. The molecular formula is C27H26N6O2S. The molecule has 1 unspecified atom stereocenters. The van der Waals surface area contributed by atoms with Crippen LogP contribution in [0, 0.1) is 0 Å². The highest BCUT2D eigenvalue weighted by Crippen LogP contribution is 2.27. The van der Waals surface area contributed by atoms with E-state index in [1.807, 2.05) is 67.6 Å². The number of aromatic nitrogens is 3. The van der Waals surface area contributed by atoms with Crippen molar-refractivity contribution in [3.63, 3.8) is 0 Å². The van der Waals surface area contributed by atoms with Crippen molar-refractivity contribution in [2.75, 3.05) is 16.0 Å². The maximum absolute atomic E-state index is 13.0. The van der Waals surface area contributed by atoms with Crippen LogP contribution in [0.5, 0.6) is 0 Å². The van der Waals surface area contributed by atoms with Crippen LogP contribution in [0.3, 0.4) is 0 Å². The van der Waals surface area contributed by atoms with Crippen molar-refractivity contribution in [2.45, 2.75) is 30.7 Å². The monoisotopic (exact) mass is 498 g/mol. The lowest BCUT2D eigenvalue weighted by Crippen LogP contribution is -2.25. The summed E-state index contributed by atoms with van der Waals surface area (Å²) in [5, 5.41) is 9.29. The molecule has 1 heterocycles. The molecule has 0 spiro atoms. The first-order chi connectivity index (χ1) is 17.5. The highest BCUT2D eigenvalue weighted by molar-refractivity contribution is 8.00. The number of Topliss-reactive ketones (excluding diaryl/α,β-unsaturated/α-hetero) is 1. The molecule has 0 aliphatic heterocycles. The zero-order valence-corrected chi connectivity index (χ0v) is 20.8. The summed E-state index contributed by atoms with van der Waals surface area (Å²) in [5.41, 5.74) is 2.89. The zero-order valence-electron chi connectivity index (χ0n) is 19.9. The molecule has 0 bridgehead atoms. The minimum Gasteiger partial charge on any atom is -0.325 e. The predicted octanol–water partition coefficient (Wildman–Crippen LogP) is 6.07. The summed E-state index contributed by atoms with van der Waals surface area (Å²) < 4.78 is 0. The van der Waals surface area contributed by atoms with Crippen LogP contribution in [-0.4, -0.2) is 31.9 Å². The number of rotatable bonds is 10. The number of carbonyl (C=O) groups is 2. The van der Waals surface area contributed by atoms with Gasteiger partial charge in [0.2, 0.25) is 17.8 Å². The molecule has 9 heteroatoms. The summed E-state index contributed by atoms with van der Waals surface area (Å²) in [7, 11) is 0. The van der Waals surface area contributed by atoms with Crippen molar-refractivity contribution in [3.05, 3.63) is 90.5 Å². The Morgan fingerprint density at radius 2 is 1.28 bits per heavy atom. The standard InChI is InChI=1S/C27H26N6O2S/c1-3-23(24(35)28-22-16-14-19(15-17-22)18(2)34)36-27-32-25(29-20-10-6-4-7-11-20)31-26(33-27)30-21-12-8-5-9-13-21/h4-17,23H,3H2,1-2H3,(H,28,35)(H2,29,30,31,32,33). The summed E-state index contributed by atoms with van der Waals surface area (Å²) in [6, 6.07) is 26.0. The number of para-hydroxylation sites is 2. The third-order valence-electron chi connectivity index (χ3n) is 5.14. The van der Waals surface area contributed by atoms with E-state index in [0.717, 1.165) is 11.4 Å². The highest BCUT2D eigenvalue weighted by atomic mass is 32.2. The Kier molecular flexibility index (Phi) is 8.25. The molecule has 0 radical (unpaired) electrons. The molecule has 4 aromatic rings. The van der Waals surface area contributed by atoms with Crippen LogP contribution in [0.1, 0.15) is 30.6 Å². The molecular weight excluding hydrogens is 472 g/mol. The molecule has 0 aliphatic carbocycles. The number of nitrogens with zero attached hydrogens (tertiary/aromatic N) is 3. The van der Waals surface area contributed by atoms with Gasteiger partial charge in [-0.3, -0.25) is 9.59 Å². The van der Waals surface area contributed by atoms with Crippen molar-refractivity contribution in [1.29, 1.82) is 0 Å². The van der Waals surface area contributed by atoms with E-state index < -0.39 is 5.25 Å². The number of carbonyl (C=O) groups excluding carboxylic acids is 2. The van der Waals surface area contributed by atoms with Gasteiger partial charge in [0.1, 0.15) is 0 Å². The molecule has 8 nitrogen and oxygen atoms in total. The Morgan fingerprint density at radius 3 is 1.75 bits per heavy atom. The summed E-state index contributed by atoms with van der Waals surface area (Å²) in [6.07, 6.45) is 0.566. The van der Waals surface area contributed by atoms with Crippen LogP contribution in [0.25, 0.3) is 0 Å². The van der Waals surface area contributed by atoms with Gasteiger partial charge in [-0.2, -0.15) is 15.0 Å². The number of thioether (sulfide) groups is 1. The third-order valence-corrected chi connectivity index (χ3v) is 6.37. The number of hydrogen-bond donors (Lipinski definition) is 3. The predicted molar refractivity (Wildman–Crippen MR) is 144 cm³/mol. The second-order valence-electron chi connectivity index (χ2n) is 7.88. The van der Waals surface area contributed by atoms with Crippen LogP contribution in [0.4, 0.5) is 29.0 Å². The van der Waals surface area contributed by atoms with Crippen molar-refractivity contribution >= 4 is 52.4 Å². The quantitative estimate of drug-likeness (QED) is 0.179. The lowest BCUT2D eigenvalue weighted by molar-refractivity contribution is -0.115. The smallest absolute Gasteiger partial charge is 0.237 e. The molecule has 0 aliphatic rings. The maximum Gasteiger partial charge on any atom is 0.237 e. The topological polar surface area (TPSA) is 109 Å². The SMILES string of the molecule is CCC(Sc1nc(Nc2ccccc2)nc(Nc2ccccc2)n1)C(=O)Nc1ccc(C(C)=O)cc1. The zero-order chi connectivity index (χ0) is 25.3. The van der Waals surface area contributed by atoms with E-state index in [9.17, 15) is 9.59 Å². The molecule has 182 valence electrons. The van der Waals surface area contributed by atoms with Gasteiger partial charge >= 0.3 is 0 Å². The van der Waals surface area contributed by atoms with E-state index in [-0.39, 0.29) is 11.7 Å². The van der Waals surface area contributed by atoms with Crippen molar-refractivity contribution < 1.29 is 9.59 Å². The van der Waals surface area contributed by atoms with E-state index in [4.69, 9.17) is 0 Å². The minimum absolute atomic E-state index is 0.0236. The van der Waals surface area contributed by atoms with Crippen LogP contribution in [0.15, 0.2) is 90.1 Å². The summed E-state index contributed by atoms with van der Waals surface area (Å²) in [5.74, 6) is 0.539. The van der Waals surface area contributed by atoms with Crippen LogP contribution in [0.2, 0.25) is 0 Å². The first-order valence-corrected chi connectivity index (χ1v) is 12.4. The molecule has 3 N–H and O–H groups in total. The van der Waals surface area contributed by atoms with Crippen LogP contribution < -0.4 is 16.0 Å². The fraction of sp³-hybridized carbons (Fsp3) is 0.148. The van der Waals surface area contributed by atoms with E-state index in [1.54, 1.807) is 24.3 Å². The Morgan fingerprint density at radius 1 is 0.750 bits per heavy atom. The van der Waals surface area contributed by atoms with Gasteiger partial charge in [0.05, 0.1) is 5.25 Å². The number of anilines is 5. The number of benzene rings is 3. The molecule has 36 heavy (non-hydrogen) atoms. The van der Waals surface area contributed by atoms with Gasteiger partial charge in [0.25, 0.3) is 0 Å². The highest BCUT2D eigenvalue weighted by Gasteiger charge is 2.21. The average molecular weight is 499 g/mol. The van der Waals surface area contributed by atoms with Crippen LogP contribution in [-0.2, 0) is 4.79 Å². The second kappa shape index (κ2) is 11.9. The Bertz CT molecular complexity index is 1260. The van der Waals surface area contributed by atoms with Gasteiger partial charge in [-0.25, -0.2) is 0 Å². The lowest BCUT2D eigenvalue weighted by atomic mass is 10.1. The summed E-state index contributed by atoms with van der Waals surface area (Å²) >= 11 is 1.27. The van der Waals surface area contributed by atoms with Crippen molar-refractivity contribution in [3.8, 4) is 0 Å². The van der Waals surface area contributed by atoms with Gasteiger partial charge in [-0.1, -0.05) is 55.1 Å². The van der Waals surface area contributed by atoms with Crippen LogP contribution >= 0.6 is 11.8 Å². The van der Waals surface area contributed by atoms with Gasteiger partial charge in [0.15, 0.2) is 10.9 Å². The van der Waals surface area contributed by atoms with Gasteiger partial charge in [-0.05, 0) is 61.9 Å². The number of nitrogens with one attached hydrogen (secondary N) is 3. The minimum atomic E-state index is -0.436. The molecule has 3 aromatic carbocycles. The fourth-order valence-corrected chi connectivity index (χ4v) is 4.15. The average Bonchev–Trinajstić information content (AvgIpc) is 2.88. The molecule has 4 rings (SSSR count). The van der Waals surface area contributed by atoms with Gasteiger partial charge in [0, 0.05) is 22.6 Å². The normalized spacial score (nSPS) is 11.4. The molecule has 0 fully saturated rings. The van der Waals surface area contributed by atoms with E-state index in [1.165, 1.54) is 18.7 Å². The Labute approximate surface area is 214 Å². The maximum atomic E-state index is 13.0. The van der Waals surface area contributed by atoms with Gasteiger partial charge in [-0.15, -0.1) is 0 Å². The second-order valence-corrected chi connectivity index (χ2v) is 9.05. The molecule has 0 saturated carbocycles.